The van der Waals surface area contributed by atoms with Crippen LogP contribution in [0.3, 0.4) is 0 Å². The fourth-order valence-electron chi connectivity index (χ4n) is 3.68. The van der Waals surface area contributed by atoms with Crippen LogP contribution < -0.4 is 0 Å². The van der Waals surface area contributed by atoms with Crippen LogP contribution >= 0.6 is 0 Å². The van der Waals surface area contributed by atoms with Gasteiger partial charge in [0.2, 0.25) is 0 Å². The highest BCUT2D eigenvalue weighted by molar-refractivity contribution is 5.90. The molecule has 3 rings (SSSR count). The van der Waals surface area contributed by atoms with Crippen LogP contribution in [-0.4, -0.2) is 55.8 Å². The normalized spacial score (nSPS) is 17.1. The fraction of sp³-hybridized carbons (Fsp3) is 0.389. The van der Waals surface area contributed by atoms with Crippen LogP contribution in [0.1, 0.15) is 24.4 Å². The summed E-state index contributed by atoms with van der Waals surface area (Å²) in [6, 6.07) is 2.75. The monoisotopic (exact) mass is 378 g/mol. The number of carboxylic acid groups (broad SMARTS) is 3. The van der Waals surface area contributed by atoms with Gasteiger partial charge < -0.3 is 19.9 Å². The third kappa shape index (κ3) is 3.77. The lowest BCUT2D eigenvalue weighted by Crippen LogP contribution is -2.41. The molecule has 0 bridgehead atoms. The van der Waals surface area contributed by atoms with Gasteiger partial charge in [0.05, 0.1) is 11.4 Å². The average Bonchev–Trinajstić information content (AvgIpc) is 2.92. The van der Waals surface area contributed by atoms with Crippen LogP contribution in [0.2, 0.25) is 0 Å². The summed E-state index contributed by atoms with van der Waals surface area (Å²) in [5.41, 5.74) is 0.673. The molecular weight excluding hydrogens is 359 g/mol. The SMILES string of the molecule is O=C(O)Cn1cc([C@H](C(=O)O)N2CCC(C(=O)O)CC2)c2ccc(F)cc21. The number of carboxylic acids is 3. The van der Waals surface area contributed by atoms with E-state index < -0.39 is 42.2 Å². The Morgan fingerprint density at radius 1 is 1.15 bits per heavy atom. The molecule has 9 heteroatoms. The third-order valence-corrected chi connectivity index (χ3v) is 4.95. The van der Waals surface area contributed by atoms with Crippen molar-refractivity contribution in [3.05, 3.63) is 35.8 Å². The molecule has 1 atom stereocenters. The highest BCUT2D eigenvalue weighted by atomic mass is 19.1. The first-order chi connectivity index (χ1) is 12.8. The van der Waals surface area contributed by atoms with Crippen molar-refractivity contribution in [2.75, 3.05) is 13.1 Å². The molecule has 2 heterocycles. The number of likely N-dealkylation sites (tertiary alicyclic amines) is 1. The highest BCUT2D eigenvalue weighted by Gasteiger charge is 2.34. The molecule has 0 unspecified atom stereocenters. The van der Waals surface area contributed by atoms with Gasteiger partial charge in [-0.2, -0.15) is 0 Å². The number of hydrogen-bond donors (Lipinski definition) is 3. The molecule has 1 aliphatic heterocycles. The first-order valence-corrected chi connectivity index (χ1v) is 8.47. The van der Waals surface area contributed by atoms with Crippen molar-refractivity contribution in [1.82, 2.24) is 9.47 Å². The Labute approximate surface area is 153 Å². The van der Waals surface area contributed by atoms with Crippen molar-refractivity contribution < 1.29 is 34.1 Å². The van der Waals surface area contributed by atoms with E-state index in [1.807, 2.05) is 0 Å². The molecule has 0 saturated carbocycles. The molecule has 1 saturated heterocycles. The van der Waals surface area contributed by atoms with E-state index in [1.165, 1.54) is 29.0 Å². The predicted molar refractivity (Wildman–Crippen MR) is 91.8 cm³/mol. The number of aliphatic carboxylic acids is 3. The molecule has 3 N–H and O–H groups in total. The third-order valence-electron chi connectivity index (χ3n) is 4.95. The second-order valence-corrected chi connectivity index (χ2v) is 6.66. The average molecular weight is 378 g/mol. The quantitative estimate of drug-likeness (QED) is 0.701. The zero-order valence-electron chi connectivity index (χ0n) is 14.3. The zero-order chi connectivity index (χ0) is 19.7. The second-order valence-electron chi connectivity index (χ2n) is 6.66. The van der Waals surface area contributed by atoms with E-state index in [0.29, 0.717) is 42.4 Å². The Hall–Kier alpha value is -2.94. The van der Waals surface area contributed by atoms with Gasteiger partial charge in [0.1, 0.15) is 18.4 Å². The molecule has 27 heavy (non-hydrogen) atoms. The fourth-order valence-corrected chi connectivity index (χ4v) is 3.68. The van der Waals surface area contributed by atoms with E-state index in [9.17, 15) is 23.9 Å². The van der Waals surface area contributed by atoms with Gasteiger partial charge in [-0.15, -0.1) is 0 Å². The van der Waals surface area contributed by atoms with Crippen molar-refractivity contribution >= 4 is 28.8 Å². The van der Waals surface area contributed by atoms with E-state index in [1.54, 1.807) is 4.90 Å². The highest BCUT2D eigenvalue weighted by Crippen LogP contribution is 2.33. The standard InChI is InChI=1S/C18H19FN2O6/c19-11-1-2-12-13(8-21(9-15(22)23)14(12)7-11)16(18(26)27)20-5-3-10(4-6-20)17(24)25/h1-2,7-8,10,16H,3-6,9H2,(H,22,23)(H,24,25)(H,26,27)/t16-/m1/s1. The molecule has 0 amide bonds. The van der Waals surface area contributed by atoms with Gasteiger partial charge >= 0.3 is 17.9 Å². The number of fused-ring (bicyclic) bond motifs is 1. The molecule has 2 aromatic rings. The summed E-state index contributed by atoms with van der Waals surface area (Å²) in [5, 5.41) is 28.5. The van der Waals surface area contributed by atoms with Crippen molar-refractivity contribution in [1.29, 1.82) is 0 Å². The van der Waals surface area contributed by atoms with Gasteiger partial charge in [0.25, 0.3) is 0 Å². The van der Waals surface area contributed by atoms with Crippen LogP contribution in [0.25, 0.3) is 10.9 Å². The van der Waals surface area contributed by atoms with E-state index >= 15 is 0 Å². The Balaban J connectivity index is 2.01. The van der Waals surface area contributed by atoms with Gasteiger partial charge in [-0.3, -0.25) is 19.3 Å². The predicted octanol–water partition coefficient (Wildman–Crippen LogP) is 1.79. The minimum absolute atomic E-state index is 0.292. The Morgan fingerprint density at radius 3 is 2.37 bits per heavy atom. The number of piperidine rings is 1. The number of rotatable bonds is 6. The Morgan fingerprint density at radius 2 is 1.81 bits per heavy atom. The summed E-state index contributed by atoms with van der Waals surface area (Å²) in [4.78, 5) is 35.9. The smallest absolute Gasteiger partial charge is 0.325 e. The van der Waals surface area contributed by atoms with E-state index in [-0.39, 0.29) is 0 Å². The molecule has 1 aromatic carbocycles. The van der Waals surface area contributed by atoms with Gasteiger partial charge in [-0.1, -0.05) is 0 Å². The second kappa shape index (κ2) is 7.36. The summed E-state index contributed by atoms with van der Waals surface area (Å²) in [6.45, 7) is 0.162. The molecule has 8 nitrogen and oxygen atoms in total. The first-order valence-electron chi connectivity index (χ1n) is 8.47. The largest absolute Gasteiger partial charge is 0.481 e. The van der Waals surface area contributed by atoms with Crippen LogP contribution in [0, 0.1) is 11.7 Å². The molecule has 144 valence electrons. The number of benzene rings is 1. The lowest BCUT2D eigenvalue weighted by Gasteiger charge is -2.34. The van der Waals surface area contributed by atoms with Crippen LogP contribution in [0.4, 0.5) is 4.39 Å². The molecule has 0 radical (unpaired) electrons. The molecule has 1 aromatic heterocycles. The number of hydrogen-bond acceptors (Lipinski definition) is 4. The lowest BCUT2D eigenvalue weighted by molar-refractivity contribution is -0.146. The molecule has 0 aliphatic carbocycles. The Kier molecular flexibility index (Phi) is 5.13. The van der Waals surface area contributed by atoms with Crippen LogP contribution in [0.15, 0.2) is 24.4 Å². The maximum atomic E-state index is 13.7. The van der Waals surface area contributed by atoms with Crippen molar-refractivity contribution in [2.24, 2.45) is 5.92 Å². The van der Waals surface area contributed by atoms with E-state index in [4.69, 9.17) is 10.2 Å². The number of halogens is 1. The first kappa shape index (κ1) is 18.8. The summed E-state index contributed by atoms with van der Waals surface area (Å²) in [7, 11) is 0. The molecule has 0 spiro atoms. The topological polar surface area (TPSA) is 120 Å². The minimum atomic E-state index is -1.13. The van der Waals surface area contributed by atoms with Crippen molar-refractivity contribution in [2.45, 2.75) is 25.4 Å². The summed E-state index contributed by atoms with van der Waals surface area (Å²) in [5.74, 6) is -4.19. The van der Waals surface area contributed by atoms with Crippen molar-refractivity contribution in [3.63, 3.8) is 0 Å². The van der Waals surface area contributed by atoms with Crippen LogP contribution in [0.5, 0.6) is 0 Å². The van der Waals surface area contributed by atoms with Crippen molar-refractivity contribution in [3.8, 4) is 0 Å². The summed E-state index contributed by atoms with van der Waals surface area (Å²) < 4.78 is 15.0. The van der Waals surface area contributed by atoms with Gasteiger partial charge in [0, 0.05) is 30.2 Å². The lowest BCUT2D eigenvalue weighted by atomic mass is 9.94. The Bertz CT molecular complexity index is 901. The zero-order valence-corrected chi connectivity index (χ0v) is 14.3. The number of aromatic nitrogens is 1. The number of nitrogens with zero attached hydrogens (tertiary/aromatic N) is 2. The van der Waals surface area contributed by atoms with E-state index in [0.717, 1.165) is 0 Å². The summed E-state index contributed by atoms with van der Waals surface area (Å²) >= 11 is 0. The molecule has 1 aliphatic rings. The summed E-state index contributed by atoms with van der Waals surface area (Å²) in [6.07, 6.45) is 2.10. The maximum Gasteiger partial charge on any atom is 0.325 e. The van der Waals surface area contributed by atoms with Crippen LogP contribution in [-0.2, 0) is 20.9 Å². The van der Waals surface area contributed by atoms with Gasteiger partial charge in [0.15, 0.2) is 0 Å². The maximum absolute atomic E-state index is 13.7. The van der Waals surface area contributed by atoms with E-state index in [2.05, 4.69) is 0 Å². The minimum Gasteiger partial charge on any atom is -0.481 e. The van der Waals surface area contributed by atoms with Gasteiger partial charge in [-0.05, 0) is 31.0 Å². The molecule has 1 fully saturated rings. The number of carbonyl (C=O) groups is 3. The molecular formula is C18H19FN2O6. The van der Waals surface area contributed by atoms with Gasteiger partial charge in [-0.25, -0.2) is 4.39 Å².